The highest BCUT2D eigenvalue weighted by Gasteiger charge is 2.32. The van der Waals surface area contributed by atoms with Crippen molar-refractivity contribution in [1.82, 2.24) is 25.9 Å². The summed E-state index contributed by atoms with van der Waals surface area (Å²) >= 11 is 0. The summed E-state index contributed by atoms with van der Waals surface area (Å²) in [5, 5.41) is 9.07. The molecular weight excluding hydrogens is 508 g/mol. The van der Waals surface area contributed by atoms with E-state index in [-0.39, 0.29) is 11.6 Å². The van der Waals surface area contributed by atoms with Crippen molar-refractivity contribution in [3.63, 3.8) is 0 Å². The van der Waals surface area contributed by atoms with Gasteiger partial charge in [-0.1, -0.05) is 49.2 Å². The number of aromatic nitrogens is 2. The first kappa shape index (κ1) is 24.4. The quantitative estimate of drug-likeness (QED) is 0.155. The molecular formula is C31H29F2N7. The lowest BCUT2D eigenvalue weighted by molar-refractivity contribution is 0.260. The molecule has 9 heteroatoms. The Morgan fingerprint density at radius 2 is 1.93 bits per heavy atom. The maximum absolute atomic E-state index is 15.6. The first-order valence-corrected chi connectivity index (χ1v) is 13.2. The van der Waals surface area contributed by atoms with Gasteiger partial charge in [0, 0.05) is 35.7 Å². The molecule has 0 amide bonds. The number of rotatable bonds is 9. The molecule has 0 spiro atoms. The molecule has 0 radical (unpaired) electrons. The van der Waals surface area contributed by atoms with Crippen LogP contribution in [-0.2, 0) is 0 Å². The van der Waals surface area contributed by atoms with Gasteiger partial charge in [0.05, 0.1) is 30.4 Å². The Morgan fingerprint density at radius 1 is 1.10 bits per heavy atom. The van der Waals surface area contributed by atoms with Gasteiger partial charge in [0.25, 0.3) is 0 Å². The molecule has 0 unspecified atom stereocenters. The van der Waals surface area contributed by atoms with E-state index >= 15 is 4.39 Å². The predicted octanol–water partition coefficient (Wildman–Crippen LogP) is 5.93. The third-order valence-electron chi connectivity index (χ3n) is 7.09. The van der Waals surface area contributed by atoms with Crippen molar-refractivity contribution in [2.45, 2.75) is 44.3 Å². The zero-order valence-electron chi connectivity index (χ0n) is 22.9. The van der Waals surface area contributed by atoms with Gasteiger partial charge >= 0.3 is 0 Å². The molecule has 40 heavy (non-hydrogen) atoms. The number of pyridine rings is 2. The van der Waals surface area contributed by atoms with E-state index in [0.717, 1.165) is 24.8 Å². The monoisotopic (exact) mass is 538 g/mol. The molecule has 2 aromatic heterocycles. The smallest absolute Gasteiger partial charge is 0.212 e. The standard InChI is InChI=1S/C31H29F2N7/c1-3-19-16-35-31-24(29(19)37-26(4-2)20-8-6-5-7-9-20)14-22(15-25(31)32)36-30(21-10-13-28(33)34-17-21)27-18-40(39-38-27)23-11-12-23/h1,5-10,13-18,23,26,30,36,38-39H,4,11-12H2,2H3,(H,35,37)/t26-,30-/m1/s1/i30D. The summed E-state index contributed by atoms with van der Waals surface area (Å²) in [6.07, 6.45) is 13.3. The van der Waals surface area contributed by atoms with E-state index < -0.39 is 17.8 Å². The average molecular weight is 539 g/mol. The fraction of sp³-hybridized carbons (Fsp3) is 0.226. The van der Waals surface area contributed by atoms with Crippen LogP contribution in [-0.4, -0.2) is 21.0 Å². The minimum Gasteiger partial charge on any atom is -0.377 e. The van der Waals surface area contributed by atoms with E-state index in [1.807, 2.05) is 35.3 Å². The van der Waals surface area contributed by atoms with Crippen molar-refractivity contribution in [2.75, 3.05) is 10.6 Å². The van der Waals surface area contributed by atoms with Gasteiger partial charge in [-0.15, -0.1) is 12.0 Å². The molecule has 2 aliphatic rings. The summed E-state index contributed by atoms with van der Waals surface area (Å²) in [4.78, 5) is 8.08. The number of hydrazine groups is 2. The van der Waals surface area contributed by atoms with Gasteiger partial charge in [0.2, 0.25) is 5.95 Å². The molecule has 3 heterocycles. The first-order chi connectivity index (χ1) is 19.9. The molecule has 4 N–H and O–H groups in total. The SMILES string of the molecule is [2H][C@](Nc1cc(F)c2ncc(C#C)c(N[C@H](CC)c3ccccc3)c2c1)(C1=CN(C2CC2)NN1)c1ccc(F)nc1. The van der Waals surface area contributed by atoms with E-state index in [1.54, 1.807) is 12.3 Å². The average Bonchev–Trinajstić information content (AvgIpc) is 3.72. The van der Waals surface area contributed by atoms with Gasteiger partial charge < -0.3 is 16.1 Å². The zero-order chi connectivity index (χ0) is 28.6. The number of benzene rings is 2. The van der Waals surface area contributed by atoms with Gasteiger partial charge in [0.1, 0.15) is 5.52 Å². The Hall–Kier alpha value is -4.68. The van der Waals surface area contributed by atoms with Crippen molar-refractivity contribution >= 4 is 22.3 Å². The van der Waals surface area contributed by atoms with Crippen molar-refractivity contribution in [3.8, 4) is 12.3 Å². The Labute approximate surface area is 233 Å². The van der Waals surface area contributed by atoms with Crippen LogP contribution in [0, 0.1) is 24.1 Å². The first-order valence-electron chi connectivity index (χ1n) is 13.7. The van der Waals surface area contributed by atoms with Crippen LogP contribution in [0.3, 0.4) is 0 Å². The highest BCUT2D eigenvalue weighted by atomic mass is 19.1. The minimum atomic E-state index is -1.67. The lowest BCUT2D eigenvalue weighted by atomic mass is 10.0. The Balaban J connectivity index is 1.44. The minimum absolute atomic E-state index is 0.0820. The lowest BCUT2D eigenvalue weighted by Crippen LogP contribution is -2.38. The maximum atomic E-state index is 15.6. The molecule has 2 aromatic carbocycles. The van der Waals surface area contributed by atoms with Crippen LogP contribution in [0.4, 0.5) is 20.2 Å². The van der Waals surface area contributed by atoms with Gasteiger partial charge in [-0.25, -0.2) is 9.37 Å². The maximum Gasteiger partial charge on any atom is 0.212 e. The number of terminal acetylenes is 1. The number of fused-ring (bicyclic) bond motifs is 1. The second-order valence-corrected chi connectivity index (χ2v) is 9.85. The molecule has 1 aliphatic heterocycles. The lowest BCUT2D eigenvalue weighted by Gasteiger charge is -2.23. The van der Waals surface area contributed by atoms with E-state index in [9.17, 15) is 5.76 Å². The van der Waals surface area contributed by atoms with Crippen LogP contribution >= 0.6 is 0 Å². The van der Waals surface area contributed by atoms with Crippen LogP contribution in [0.2, 0.25) is 0 Å². The van der Waals surface area contributed by atoms with E-state index in [0.29, 0.717) is 39.6 Å². The molecule has 202 valence electrons. The van der Waals surface area contributed by atoms with Gasteiger partial charge in [0.15, 0.2) is 5.82 Å². The van der Waals surface area contributed by atoms with Crippen molar-refractivity contribution in [1.29, 1.82) is 0 Å². The molecule has 0 saturated heterocycles. The Kier molecular flexibility index (Phi) is 6.60. The summed E-state index contributed by atoms with van der Waals surface area (Å²) in [5.41, 5.74) is 9.54. The normalized spacial score (nSPS) is 17.3. The summed E-state index contributed by atoms with van der Waals surface area (Å²) in [6, 6.07) is 14.2. The number of hydrogen-bond donors (Lipinski definition) is 4. The second-order valence-electron chi connectivity index (χ2n) is 9.85. The van der Waals surface area contributed by atoms with Gasteiger partial charge in [-0.2, -0.15) is 4.39 Å². The number of hydrogen-bond acceptors (Lipinski definition) is 7. The molecule has 0 bridgehead atoms. The Bertz CT molecular complexity index is 1650. The third kappa shape index (κ3) is 5.14. The second kappa shape index (κ2) is 10.8. The van der Waals surface area contributed by atoms with Crippen LogP contribution < -0.4 is 21.6 Å². The van der Waals surface area contributed by atoms with E-state index in [1.165, 1.54) is 30.6 Å². The summed E-state index contributed by atoms with van der Waals surface area (Å²) < 4.78 is 38.9. The number of nitrogens with zero attached hydrogens (tertiary/aromatic N) is 3. The van der Waals surface area contributed by atoms with Gasteiger partial charge in [-0.3, -0.25) is 9.99 Å². The number of nitrogens with one attached hydrogen (secondary N) is 4. The van der Waals surface area contributed by atoms with E-state index in [4.69, 9.17) is 6.42 Å². The predicted molar refractivity (Wildman–Crippen MR) is 153 cm³/mol. The topological polar surface area (TPSA) is 77.1 Å². The number of halogens is 2. The highest BCUT2D eigenvalue weighted by Crippen LogP contribution is 2.36. The van der Waals surface area contributed by atoms with Crippen LogP contribution in [0.15, 0.2) is 78.9 Å². The van der Waals surface area contributed by atoms with Crippen molar-refractivity contribution < 1.29 is 10.2 Å². The molecule has 2 atom stereocenters. The third-order valence-corrected chi connectivity index (χ3v) is 7.09. The summed E-state index contributed by atoms with van der Waals surface area (Å²) in [5.74, 6) is 1.44. The molecule has 6 rings (SSSR count). The molecule has 7 nitrogen and oxygen atoms in total. The van der Waals surface area contributed by atoms with Crippen LogP contribution in [0.25, 0.3) is 10.9 Å². The summed E-state index contributed by atoms with van der Waals surface area (Å²) in [6.45, 7) is 2.06. The highest BCUT2D eigenvalue weighted by molar-refractivity contribution is 5.96. The largest absolute Gasteiger partial charge is 0.377 e. The zero-order valence-corrected chi connectivity index (χ0v) is 21.9. The van der Waals surface area contributed by atoms with Crippen LogP contribution in [0.5, 0.6) is 0 Å². The Morgan fingerprint density at radius 3 is 2.62 bits per heavy atom. The van der Waals surface area contributed by atoms with E-state index in [2.05, 4.69) is 44.4 Å². The molecule has 1 aliphatic carbocycles. The van der Waals surface area contributed by atoms with Crippen molar-refractivity contribution in [2.24, 2.45) is 0 Å². The fourth-order valence-corrected chi connectivity index (χ4v) is 4.85. The number of anilines is 2. The molecule has 4 aromatic rings. The van der Waals surface area contributed by atoms with Crippen LogP contribution in [0.1, 0.15) is 56.3 Å². The molecule has 1 fully saturated rings. The van der Waals surface area contributed by atoms with Gasteiger partial charge in [-0.05, 0) is 48.6 Å². The summed E-state index contributed by atoms with van der Waals surface area (Å²) in [7, 11) is 0. The molecule has 1 saturated carbocycles. The fourth-order valence-electron chi connectivity index (χ4n) is 4.85. The van der Waals surface area contributed by atoms with Crippen molar-refractivity contribution in [3.05, 3.63) is 107 Å².